The van der Waals surface area contributed by atoms with Crippen LogP contribution in [0.4, 0.5) is 0 Å². The summed E-state index contributed by atoms with van der Waals surface area (Å²) < 4.78 is 0. The van der Waals surface area contributed by atoms with Crippen molar-refractivity contribution in [3.05, 3.63) is 77.6 Å². The van der Waals surface area contributed by atoms with Crippen molar-refractivity contribution in [3.8, 4) is 0 Å². The molecule has 0 saturated heterocycles. The molecular weight excluding hydrogens is 290 g/mol. The Balaban J connectivity index is 2.03. The summed E-state index contributed by atoms with van der Waals surface area (Å²) in [5.74, 6) is -0.577. The van der Waals surface area contributed by atoms with Gasteiger partial charge in [0, 0.05) is 24.8 Å². The summed E-state index contributed by atoms with van der Waals surface area (Å²) in [5, 5.41) is 5.48. The molecular formula is C18H19N3O2. The van der Waals surface area contributed by atoms with E-state index in [1.54, 1.807) is 12.1 Å². The van der Waals surface area contributed by atoms with E-state index in [9.17, 15) is 9.59 Å². The van der Waals surface area contributed by atoms with Crippen LogP contribution >= 0.6 is 0 Å². The van der Waals surface area contributed by atoms with E-state index < -0.39 is 0 Å². The predicted molar refractivity (Wildman–Crippen MR) is 89.1 cm³/mol. The number of nitrogens with one attached hydrogen (secondary N) is 2. The fourth-order valence-electron chi connectivity index (χ4n) is 2.04. The fraction of sp³-hybridized carbons (Fsp3) is 0.167. The third-order valence-corrected chi connectivity index (χ3v) is 3.36. The lowest BCUT2D eigenvalue weighted by Crippen LogP contribution is -2.26. The zero-order valence-corrected chi connectivity index (χ0v) is 13.0. The van der Waals surface area contributed by atoms with E-state index in [-0.39, 0.29) is 17.5 Å². The molecule has 0 unspecified atom stereocenters. The van der Waals surface area contributed by atoms with Crippen molar-refractivity contribution in [1.29, 1.82) is 0 Å². The third-order valence-electron chi connectivity index (χ3n) is 3.36. The maximum Gasteiger partial charge on any atom is 0.270 e. The van der Waals surface area contributed by atoms with Crippen LogP contribution in [0.15, 0.2) is 55.3 Å². The summed E-state index contributed by atoms with van der Waals surface area (Å²) in [6, 6.07) is 10.9. The van der Waals surface area contributed by atoms with Gasteiger partial charge in [0.15, 0.2) is 0 Å². The van der Waals surface area contributed by atoms with Gasteiger partial charge in [0.1, 0.15) is 5.69 Å². The van der Waals surface area contributed by atoms with Crippen molar-refractivity contribution in [2.45, 2.75) is 13.5 Å². The lowest BCUT2D eigenvalue weighted by atomic mass is 10.1. The molecule has 1 aromatic heterocycles. The Morgan fingerprint density at radius 1 is 1.17 bits per heavy atom. The minimum atomic E-state index is -0.335. The van der Waals surface area contributed by atoms with Gasteiger partial charge in [0.05, 0.1) is 0 Å². The first-order valence-corrected chi connectivity index (χ1v) is 7.29. The van der Waals surface area contributed by atoms with Gasteiger partial charge in [-0.3, -0.25) is 14.6 Å². The number of amides is 2. The number of carbonyl (C=O) groups excluding carboxylic acids is 2. The summed E-state index contributed by atoms with van der Waals surface area (Å²) in [5.41, 5.74) is 2.78. The number of rotatable bonds is 6. The lowest BCUT2D eigenvalue weighted by Gasteiger charge is -2.08. The molecule has 2 amide bonds. The Hall–Kier alpha value is -2.95. The quantitative estimate of drug-likeness (QED) is 0.804. The van der Waals surface area contributed by atoms with Gasteiger partial charge in [-0.05, 0) is 30.2 Å². The summed E-state index contributed by atoms with van der Waals surface area (Å²) >= 11 is 0. The third kappa shape index (κ3) is 4.51. The van der Waals surface area contributed by atoms with Gasteiger partial charge < -0.3 is 10.6 Å². The molecule has 0 aliphatic heterocycles. The Kier molecular flexibility index (Phi) is 5.63. The van der Waals surface area contributed by atoms with E-state index in [0.717, 1.165) is 11.1 Å². The molecule has 0 aliphatic rings. The molecule has 5 nitrogen and oxygen atoms in total. The van der Waals surface area contributed by atoms with Crippen molar-refractivity contribution < 1.29 is 9.59 Å². The second-order valence-electron chi connectivity index (χ2n) is 5.04. The first kappa shape index (κ1) is 16.4. The molecule has 0 saturated carbocycles. The molecule has 2 N–H and O–H groups in total. The standard InChI is InChI=1S/C18H19N3O2/c1-3-9-20-18(23)16-11-14(8-10-19-16)17(22)21-12-15-7-5-4-6-13(15)2/h3-8,10-11H,1,9,12H2,2H3,(H,20,23)(H,21,22). The molecule has 0 radical (unpaired) electrons. The SMILES string of the molecule is C=CCNC(=O)c1cc(C(=O)NCc2ccccc2C)ccn1. The number of hydrogen-bond donors (Lipinski definition) is 2. The van der Waals surface area contributed by atoms with Crippen molar-refractivity contribution in [2.75, 3.05) is 6.54 Å². The number of pyridine rings is 1. The lowest BCUT2D eigenvalue weighted by molar-refractivity contribution is 0.0950. The van der Waals surface area contributed by atoms with E-state index in [0.29, 0.717) is 18.7 Å². The molecule has 23 heavy (non-hydrogen) atoms. The number of aryl methyl sites for hydroxylation is 1. The van der Waals surface area contributed by atoms with E-state index in [4.69, 9.17) is 0 Å². The Labute approximate surface area is 135 Å². The maximum absolute atomic E-state index is 12.2. The van der Waals surface area contributed by atoms with Crippen LogP contribution in [0, 0.1) is 6.92 Å². The second-order valence-corrected chi connectivity index (χ2v) is 5.04. The van der Waals surface area contributed by atoms with Crippen molar-refractivity contribution >= 4 is 11.8 Å². The molecule has 0 atom stereocenters. The first-order valence-electron chi connectivity index (χ1n) is 7.29. The highest BCUT2D eigenvalue weighted by molar-refractivity contribution is 5.98. The van der Waals surface area contributed by atoms with Crippen LogP contribution in [0.5, 0.6) is 0 Å². The summed E-state index contributed by atoms with van der Waals surface area (Å²) in [6.07, 6.45) is 3.03. The number of benzene rings is 1. The highest BCUT2D eigenvalue weighted by Gasteiger charge is 2.11. The molecule has 0 bridgehead atoms. The Morgan fingerprint density at radius 2 is 1.96 bits per heavy atom. The van der Waals surface area contributed by atoms with E-state index in [1.165, 1.54) is 12.3 Å². The normalized spacial score (nSPS) is 9.96. The van der Waals surface area contributed by atoms with Crippen molar-refractivity contribution in [3.63, 3.8) is 0 Å². The largest absolute Gasteiger partial charge is 0.348 e. The summed E-state index contributed by atoms with van der Waals surface area (Å²) in [6.45, 7) is 6.32. The smallest absolute Gasteiger partial charge is 0.270 e. The van der Waals surface area contributed by atoms with Gasteiger partial charge in [-0.2, -0.15) is 0 Å². The average molecular weight is 309 g/mol. The van der Waals surface area contributed by atoms with Crippen LogP contribution in [0.1, 0.15) is 32.0 Å². The molecule has 0 spiro atoms. The van der Waals surface area contributed by atoms with Gasteiger partial charge >= 0.3 is 0 Å². The first-order chi connectivity index (χ1) is 11.1. The van der Waals surface area contributed by atoms with E-state index >= 15 is 0 Å². The molecule has 1 heterocycles. The second kappa shape index (κ2) is 7.89. The van der Waals surface area contributed by atoms with Crippen LogP contribution in [-0.4, -0.2) is 23.3 Å². The number of aromatic nitrogens is 1. The minimum Gasteiger partial charge on any atom is -0.348 e. The van der Waals surface area contributed by atoms with Crippen LogP contribution in [0.3, 0.4) is 0 Å². The minimum absolute atomic E-state index is 0.204. The number of carbonyl (C=O) groups is 2. The van der Waals surface area contributed by atoms with Gasteiger partial charge in [0.25, 0.3) is 11.8 Å². The highest BCUT2D eigenvalue weighted by atomic mass is 16.2. The highest BCUT2D eigenvalue weighted by Crippen LogP contribution is 2.07. The van der Waals surface area contributed by atoms with Gasteiger partial charge in [-0.25, -0.2) is 0 Å². The van der Waals surface area contributed by atoms with Crippen LogP contribution in [0.25, 0.3) is 0 Å². The van der Waals surface area contributed by atoms with E-state index in [1.807, 2.05) is 31.2 Å². The average Bonchev–Trinajstić information content (AvgIpc) is 2.58. The Bertz CT molecular complexity index is 726. The number of nitrogens with zero attached hydrogens (tertiary/aromatic N) is 1. The van der Waals surface area contributed by atoms with Crippen molar-refractivity contribution in [2.24, 2.45) is 0 Å². The zero-order chi connectivity index (χ0) is 16.7. The predicted octanol–water partition coefficient (Wildman–Crippen LogP) is 2.24. The molecule has 2 rings (SSSR count). The molecule has 2 aromatic rings. The van der Waals surface area contributed by atoms with Gasteiger partial charge in [0.2, 0.25) is 0 Å². The van der Waals surface area contributed by atoms with Gasteiger partial charge in [-0.15, -0.1) is 6.58 Å². The molecule has 5 heteroatoms. The maximum atomic E-state index is 12.2. The molecule has 1 aromatic carbocycles. The zero-order valence-electron chi connectivity index (χ0n) is 13.0. The Morgan fingerprint density at radius 3 is 2.70 bits per heavy atom. The summed E-state index contributed by atoms with van der Waals surface area (Å²) in [7, 11) is 0. The number of hydrogen-bond acceptors (Lipinski definition) is 3. The van der Waals surface area contributed by atoms with Crippen LogP contribution in [0.2, 0.25) is 0 Å². The van der Waals surface area contributed by atoms with Crippen LogP contribution in [-0.2, 0) is 6.54 Å². The fourth-order valence-corrected chi connectivity index (χ4v) is 2.04. The molecule has 0 aliphatic carbocycles. The molecule has 0 fully saturated rings. The van der Waals surface area contributed by atoms with Crippen molar-refractivity contribution in [1.82, 2.24) is 15.6 Å². The topological polar surface area (TPSA) is 71.1 Å². The monoisotopic (exact) mass is 309 g/mol. The summed E-state index contributed by atoms with van der Waals surface area (Å²) in [4.78, 5) is 28.1. The molecule has 118 valence electrons. The van der Waals surface area contributed by atoms with Gasteiger partial charge in [-0.1, -0.05) is 30.3 Å². The van der Waals surface area contributed by atoms with Crippen LogP contribution < -0.4 is 10.6 Å². The van der Waals surface area contributed by atoms with E-state index in [2.05, 4.69) is 22.2 Å².